The quantitative estimate of drug-likeness (QED) is 0.786. The van der Waals surface area contributed by atoms with Crippen LogP contribution in [0.25, 0.3) is 5.70 Å². The van der Waals surface area contributed by atoms with Crippen molar-refractivity contribution in [1.29, 1.82) is 0 Å². The number of thiophene rings is 1. The fraction of sp³-hybridized carbons (Fsp3) is 0.176. The molecule has 0 unspecified atom stereocenters. The van der Waals surface area contributed by atoms with Crippen LogP contribution >= 0.6 is 27.3 Å². The first-order valence-electron chi connectivity index (χ1n) is 7.14. The van der Waals surface area contributed by atoms with E-state index in [-0.39, 0.29) is 0 Å². The largest absolute Gasteiger partial charge is 0.496 e. The van der Waals surface area contributed by atoms with Crippen LogP contribution in [0.3, 0.4) is 0 Å². The predicted molar refractivity (Wildman–Crippen MR) is 98.9 cm³/mol. The van der Waals surface area contributed by atoms with Crippen molar-refractivity contribution in [2.24, 2.45) is 4.99 Å². The molecule has 0 spiro atoms. The molecule has 7 heteroatoms. The van der Waals surface area contributed by atoms with Crippen molar-refractivity contribution in [3.05, 3.63) is 56.3 Å². The highest BCUT2D eigenvalue weighted by atomic mass is 79.9. The number of aliphatic imine (C=N–C) groups is 1. The molecule has 1 aromatic heterocycles. The van der Waals surface area contributed by atoms with Crippen LogP contribution < -0.4 is 10.1 Å². The van der Waals surface area contributed by atoms with Gasteiger partial charge in [-0.3, -0.25) is 0 Å². The van der Waals surface area contributed by atoms with Gasteiger partial charge in [-0.1, -0.05) is 6.07 Å². The van der Waals surface area contributed by atoms with Gasteiger partial charge in [0.1, 0.15) is 11.3 Å². The minimum absolute atomic E-state index is 0.388. The Morgan fingerprint density at radius 1 is 1.33 bits per heavy atom. The Balaban J connectivity index is 1.95. The number of nitrogens with one attached hydrogen (secondary N) is 1. The highest BCUT2D eigenvalue weighted by molar-refractivity contribution is 9.10. The average molecular weight is 407 g/mol. The molecule has 5 nitrogen and oxygen atoms in total. The van der Waals surface area contributed by atoms with Crippen molar-refractivity contribution in [2.45, 2.75) is 0 Å². The van der Waals surface area contributed by atoms with Crippen molar-refractivity contribution >= 4 is 44.6 Å². The minimum atomic E-state index is -0.429. The van der Waals surface area contributed by atoms with Crippen LogP contribution in [0.5, 0.6) is 5.75 Å². The smallest absolute Gasteiger partial charge is 0.341 e. The van der Waals surface area contributed by atoms with Crippen molar-refractivity contribution in [1.82, 2.24) is 5.32 Å². The first kappa shape index (κ1) is 16.7. The SMILES string of the molecule is COC(=O)c1ccc(C2=CNCC(c3cc(Br)cs3)=N2)cc1OC. The summed E-state index contributed by atoms with van der Waals surface area (Å²) in [6.45, 7) is 0.674. The second-order valence-corrected chi connectivity index (χ2v) is 6.83. The molecule has 1 aromatic carbocycles. The Kier molecular flexibility index (Phi) is 5.01. The van der Waals surface area contributed by atoms with Gasteiger partial charge in [0.25, 0.3) is 0 Å². The lowest BCUT2D eigenvalue weighted by molar-refractivity contribution is 0.0597. The number of hydrogen-bond donors (Lipinski definition) is 1. The summed E-state index contributed by atoms with van der Waals surface area (Å²) in [5, 5.41) is 5.28. The Morgan fingerprint density at radius 3 is 2.83 bits per heavy atom. The van der Waals surface area contributed by atoms with Gasteiger partial charge in [0, 0.05) is 21.6 Å². The molecule has 2 aromatic rings. The molecule has 0 saturated carbocycles. The predicted octanol–water partition coefficient (Wildman–Crippen LogP) is 3.70. The van der Waals surface area contributed by atoms with Gasteiger partial charge in [0.15, 0.2) is 0 Å². The third-order valence-corrected chi connectivity index (χ3v) is 5.26. The third-order valence-electron chi connectivity index (χ3n) is 3.52. The Labute approximate surface area is 152 Å². The van der Waals surface area contributed by atoms with Crippen LogP contribution in [-0.4, -0.2) is 32.4 Å². The van der Waals surface area contributed by atoms with E-state index < -0.39 is 5.97 Å². The second kappa shape index (κ2) is 7.19. The normalized spacial score (nSPS) is 13.6. The maximum atomic E-state index is 11.8. The van der Waals surface area contributed by atoms with E-state index in [0.29, 0.717) is 17.9 Å². The molecule has 2 heterocycles. The maximum Gasteiger partial charge on any atom is 0.341 e. The molecule has 0 radical (unpaired) electrons. The van der Waals surface area contributed by atoms with Crippen LogP contribution in [0.1, 0.15) is 20.8 Å². The number of ether oxygens (including phenoxy) is 2. The van der Waals surface area contributed by atoms with Crippen LogP contribution in [0, 0.1) is 0 Å². The zero-order chi connectivity index (χ0) is 17.1. The second-order valence-electron chi connectivity index (χ2n) is 5.00. The topological polar surface area (TPSA) is 59.9 Å². The van der Waals surface area contributed by atoms with Crippen LogP contribution in [0.2, 0.25) is 0 Å². The van der Waals surface area contributed by atoms with Gasteiger partial charge >= 0.3 is 5.97 Å². The molecule has 0 atom stereocenters. The van der Waals surface area contributed by atoms with Crippen molar-refractivity contribution < 1.29 is 14.3 Å². The lowest BCUT2D eigenvalue weighted by atomic mass is 10.1. The van der Waals surface area contributed by atoms with E-state index in [1.807, 2.05) is 17.6 Å². The van der Waals surface area contributed by atoms with Gasteiger partial charge < -0.3 is 14.8 Å². The third kappa shape index (κ3) is 3.37. The Bertz CT molecular complexity index is 842. The zero-order valence-corrected chi connectivity index (χ0v) is 15.5. The number of nitrogens with zero attached hydrogens (tertiary/aromatic N) is 1. The Hall–Kier alpha value is -2.12. The maximum absolute atomic E-state index is 11.8. The molecule has 3 rings (SSSR count). The molecule has 0 aliphatic carbocycles. The van der Waals surface area contributed by atoms with Crippen LogP contribution in [-0.2, 0) is 4.74 Å². The van der Waals surface area contributed by atoms with Gasteiger partial charge in [0.2, 0.25) is 0 Å². The lowest BCUT2D eigenvalue weighted by Crippen LogP contribution is -2.22. The van der Waals surface area contributed by atoms with Crippen molar-refractivity contribution in [3.8, 4) is 5.75 Å². The number of halogens is 1. The number of carbonyl (C=O) groups is 1. The number of hydrogen-bond acceptors (Lipinski definition) is 6. The highest BCUT2D eigenvalue weighted by Crippen LogP contribution is 2.28. The number of methoxy groups -OCH3 is 2. The first-order valence-corrected chi connectivity index (χ1v) is 8.82. The van der Waals surface area contributed by atoms with Gasteiger partial charge in [-0.25, -0.2) is 9.79 Å². The molecule has 0 saturated heterocycles. The molecule has 1 N–H and O–H groups in total. The summed E-state index contributed by atoms with van der Waals surface area (Å²) >= 11 is 5.11. The fourth-order valence-corrected chi connectivity index (χ4v) is 3.76. The van der Waals surface area contributed by atoms with Gasteiger partial charge in [-0.15, -0.1) is 11.3 Å². The number of carbonyl (C=O) groups excluding carboxylic acids is 1. The molecule has 0 fully saturated rings. The summed E-state index contributed by atoms with van der Waals surface area (Å²) in [7, 11) is 2.87. The summed E-state index contributed by atoms with van der Waals surface area (Å²) in [5.74, 6) is 0.0308. The van der Waals surface area contributed by atoms with Gasteiger partial charge in [-0.2, -0.15) is 0 Å². The molecular formula is C17H15BrN2O3S. The first-order chi connectivity index (χ1) is 11.6. The summed E-state index contributed by atoms with van der Waals surface area (Å²) in [5.41, 5.74) is 3.01. The lowest BCUT2D eigenvalue weighted by Gasteiger charge is -2.15. The van der Waals surface area contributed by atoms with Crippen molar-refractivity contribution in [2.75, 3.05) is 20.8 Å². The molecule has 1 aliphatic rings. The van der Waals surface area contributed by atoms with E-state index >= 15 is 0 Å². The van der Waals surface area contributed by atoms with E-state index in [4.69, 9.17) is 14.5 Å². The average Bonchev–Trinajstić information content (AvgIpc) is 3.07. The summed E-state index contributed by atoms with van der Waals surface area (Å²) < 4.78 is 11.1. The van der Waals surface area contributed by atoms with Crippen LogP contribution in [0.15, 0.2) is 45.3 Å². The molecular weight excluding hydrogens is 392 g/mol. The number of rotatable bonds is 4. The van der Waals surface area contributed by atoms with E-state index in [1.54, 1.807) is 23.5 Å². The summed E-state index contributed by atoms with van der Waals surface area (Å²) in [6.07, 6.45) is 1.86. The van der Waals surface area contributed by atoms with Crippen LogP contribution in [0.4, 0.5) is 0 Å². The number of benzene rings is 1. The molecule has 24 heavy (non-hydrogen) atoms. The minimum Gasteiger partial charge on any atom is -0.496 e. The van der Waals surface area contributed by atoms with Gasteiger partial charge in [-0.05, 0) is 34.1 Å². The molecule has 1 aliphatic heterocycles. The van der Waals surface area contributed by atoms with E-state index in [1.165, 1.54) is 14.2 Å². The molecule has 0 bridgehead atoms. The zero-order valence-electron chi connectivity index (χ0n) is 13.1. The molecule has 124 valence electrons. The van der Waals surface area contributed by atoms with Crippen molar-refractivity contribution in [3.63, 3.8) is 0 Å². The summed E-state index contributed by atoms with van der Waals surface area (Å²) in [4.78, 5) is 17.6. The highest BCUT2D eigenvalue weighted by Gasteiger charge is 2.17. The monoisotopic (exact) mass is 406 g/mol. The molecule has 0 amide bonds. The van der Waals surface area contributed by atoms with E-state index in [0.717, 1.165) is 26.3 Å². The fourth-order valence-electron chi connectivity index (χ4n) is 2.35. The van der Waals surface area contributed by atoms with E-state index in [2.05, 4.69) is 27.3 Å². The standard InChI is InChI=1S/C17H15BrN2O3S/c1-22-15-5-10(3-4-12(15)17(21)23-2)13-7-19-8-14(20-13)16-6-11(18)9-24-16/h3-7,9,19H,8H2,1-2H3. The Morgan fingerprint density at radius 2 is 2.17 bits per heavy atom. The van der Waals surface area contributed by atoms with Gasteiger partial charge in [0.05, 0.1) is 37.1 Å². The van der Waals surface area contributed by atoms with E-state index in [9.17, 15) is 4.79 Å². The number of esters is 1. The summed E-state index contributed by atoms with van der Waals surface area (Å²) in [6, 6.07) is 7.36.